The normalized spacial score (nSPS) is 18.6. The van der Waals surface area contributed by atoms with Gasteiger partial charge in [-0.25, -0.2) is 13.2 Å². The molecule has 1 saturated heterocycles. The van der Waals surface area contributed by atoms with Crippen molar-refractivity contribution in [3.05, 3.63) is 70.3 Å². The zero-order valence-electron chi connectivity index (χ0n) is 17.4. The number of benzene rings is 2. The van der Waals surface area contributed by atoms with Crippen molar-refractivity contribution in [1.82, 2.24) is 4.90 Å². The van der Waals surface area contributed by atoms with Gasteiger partial charge in [-0.3, -0.25) is 14.4 Å². The minimum Gasteiger partial charge on any atom is -0.452 e. The first-order valence-corrected chi connectivity index (χ1v) is 12.0. The van der Waals surface area contributed by atoms with Crippen LogP contribution in [0.1, 0.15) is 55.5 Å². The molecular weight excluding hydrogens is 434 g/mol. The molecule has 2 aromatic rings. The van der Waals surface area contributed by atoms with Crippen LogP contribution in [-0.2, 0) is 19.4 Å². The number of likely N-dealkylation sites (N-methyl/N-ethyl adjacent to an activating group) is 1. The molecule has 0 radical (unpaired) electrons. The number of nitrogens with zero attached hydrogens (tertiary/aromatic N) is 1. The van der Waals surface area contributed by atoms with E-state index in [0.29, 0.717) is 6.42 Å². The number of ketones is 2. The standard InChI is InChI=1S/C23H21NO7S/c1-2-24(14-10-11-32(29,30)13-14)19(25)12-31-23(28)18-9-5-8-17-20(18)22(27)16-7-4-3-6-15(16)21(17)26/h3-9,14H,2,10-13H2,1H3/t14-/m0/s1. The molecule has 166 valence electrons. The van der Waals surface area contributed by atoms with Gasteiger partial charge in [0.05, 0.1) is 17.1 Å². The van der Waals surface area contributed by atoms with Gasteiger partial charge in [0, 0.05) is 34.8 Å². The van der Waals surface area contributed by atoms with Crippen LogP contribution in [0.25, 0.3) is 0 Å². The lowest BCUT2D eigenvalue weighted by Crippen LogP contribution is -2.43. The van der Waals surface area contributed by atoms with Gasteiger partial charge < -0.3 is 9.64 Å². The van der Waals surface area contributed by atoms with Gasteiger partial charge in [0.15, 0.2) is 28.0 Å². The lowest BCUT2D eigenvalue weighted by molar-refractivity contribution is -0.136. The average Bonchev–Trinajstić information content (AvgIpc) is 3.15. The number of hydrogen-bond donors (Lipinski definition) is 0. The van der Waals surface area contributed by atoms with E-state index in [9.17, 15) is 27.6 Å². The highest BCUT2D eigenvalue weighted by atomic mass is 32.2. The van der Waals surface area contributed by atoms with Crippen LogP contribution in [0.15, 0.2) is 42.5 Å². The van der Waals surface area contributed by atoms with Crippen LogP contribution in [0.2, 0.25) is 0 Å². The van der Waals surface area contributed by atoms with Crippen LogP contribution < -0.4 is 0 Å². The molecule has 8 nitrogen and oxygen atoms in total. The van der Waals surface area contributed by atoms with Crippen molar-refractivity contribution in [1.29, 1.82) is 0 Å². The summed E-state index contributed by atoms with van der Waals surface area (Å²) in [6, 6.07) is 10.3. The second-order valence-corrected chi connectivity index (χ2v) is 9.97. The van der Waals surface area contributed by atoms with E-state index in [1.165, 1.54) is 29.2 Å². The summed E-state index contributed by atoms with van der Waals surface area (Å²) in [5.74, 6) is -2.31. The molecule has 0 N–H and O–H groups in total. The zero-order chi connectivity index (χ0) is 23.0. The van der Waals surface area contributed by atoms with E-state index in [0.717, 1.165) is 0 Å². The summed E-state index contributed by atoms with van der Waals surface area (Å²) >= 11 is 0. The third-order valence-electron chi connectivity index (χ3n) is 5.81. The molecule has 0 aromatic heterocycles. The van der Waals surface area contributed by atoms with E-state index >= 15 is 0 Å². The van der Waals surface area contributed by atoms with Gasteiger partial charge in [-0.2, -0.15) is 0 Å². The lowest BCUT2D eigenvalue weighted by Gasteiger charge is -2.26. The Morgan fingerprint density at radius 3 is 2.28 bits per heavy atom. The summed E-state index contributed by atoms with van der Waals surface area (Å²) in [7, 11) is -3.18. The third kappa shape index (κ3) is 3.84. The van der Waals surface area contributed by atoms with Crippen LogP contribution >= 0.6 is 0 Å². The summed E-state index contributed by atoms with van der Waals surface area (Å²) in [5.41, 5.74) is 0.468. The molecule has 2 aromatic carbocycles. The molecule has 1 aliphatic heterocycles. The SMILES string of the molecule is CCN(C(=O)COC(=O)c1cccc2c1C(=O)c1ccccc1C2=O)[C@H]1CCS(=O)(=O)C1. The first-order chi connectivity index (χ1) is 15.2. The van der Waals surface area contributed by atoms with Crippen molar-refractivity contribution in [2.24, 2.45) is 0 Å². The maximum atomic E-state index is 13.0. The summed E-state index contributed by atoms with van der Waals surface area (Å²) < 4.78 is 28.6. The molecule has 32 heavy (non-hydrogen) atoms. The molecular formula is C23H21NO7S. The van der Waals surface area contributed by atoms with Crippen molar-refractivity contribution in [2.45, 2.75) is 19.4 Å². The van der Waals surface area contributed by atoms with Crippen LogP contribution in [0.5, 0.6) is 0 Å². The van der Waals surface area contributed by atoms with Crippen molar-refractivity contribution < 1.29 is 32.3 Å². The number of fused-ring (bicyclic) bond motifs is 2. The average molecular weight is 455 g/mol. The molecule has 1 heterocycles. The van der Waals surface area contributed by atoms with E-state index in [1.807, 2.05) is 0 Å². The Morgan fingerprint density at radius 2 is 1.66 bits per heavy atom. The largest absolute Gasteiger partial charge is 0.452 e. The minimum absolute atomic E-state index is 0.0228. The predicted molar refractivity (Wildman–Crippen MR) is 114 cm³/mol. The number of rotatable bonds is 5. The Kier molecular flexibility index (Phi) is 5.68. The zero-order valence-corrected chi connectivity index (χ0v) is 18.2. The fraction of sp³-hybridized carbons (Fsp3) is 0.304. The van der Waals surface area contributed by atoms with Gasteiger partial charge in [0.1, 0.15) is 0 Å². The first-order valence-electron chi connectivity index (χ1n) is 10.2. The number of carbonyl (C=O) groups excluding carboxylic acids is 4. The highest BCUT2D eigenvalue weighted by molar-refractivity contribution is 7.91. The van der Waals surface area contributed by atoms with Crippen LogP contribution in [0, 0.1) is 0 Å². The molecule has 1 amide bonds. The second kappa shape index (κ2) is 8.31. The minimum atomic E-state index is -3.18. The fourth-order valence-corrected chi connectivity index (χ4v) is 5.99. The summed E-state index contributed by atoms with van der Waals surface area (Å²) in [5, 5.41) is 0. The van der Waals surface area contributed by atoms with Crippen LogP contribution in [-0.4, -0.2) is 67.5 Å². The number of esters is 1. The van der Waals surface area contributed by atoms with Gasteiger partial charge in [0.25, 0.3) is 5.91 Å². The molecule has 2 aliphatic rings. The van der Waals surface area contributed by atoms with E-state index in [4.69, 9.17) is 4.74 Å². The number of hydrogen-bond acceptors (Lipinski definition) is 7. The van der Waals surface area contributed by atoms with Crippen molar-refractivity contribution >= 4 is 33.3 Å². The van der Waals surface area contributed by atoms with Crippen molar-refractivity contribution in [2.75, 3.05) is 24.7 Å². The number of ether oxygens (including phenoxy) is 1. The maximum Gasteiger partial charge on any atom is 0.339 e. The molecule has 1 atom stereocenters. The van der Waals surface area contributed by atoms with Gasteiger partial charge in [-0.1, -0.05) is 36.4 Å². The molecule has 0 saturated carbocycles. The molecule has 1 aliphatic carbocycles. The Labute approximate surface area is 185 Å². The molecule has 4 rings (SSSR count). The number of sulfone groups is 1. The monoisotopic (exact) mass is 455 g/mol. The van der Waals surface area contributed by atoms with Crippen LogP contribution in [0.4, 0.5) is 0 Å². The first kappa shape index (κ1) is 21.9. The Morgan fingerprint density at radius 1 is 1.00 bits per heavy atom. The fourth-order valence-electron chi connectivity index (χ4n) is 4.26. The predicted octanol–water partition coefficient (Wildman–Crippen LogP) is 1.65. The highest BCUT2D eigenvalue weighted by Gasteiger charge is 2.35. The van der Waals surface area contributed by atoms with Gasteiger partial charge >= 0.3 is 5.97 Å². The summed E-state index contributed by atoms with van der Waals surface area (Å²) in [6.45, 7) is 1.41. The van der Waals surface area contributed by atoms with Gasteiger partial charge in [-0.15, -0.1) is 0 Å². The Hall–Kier alpha value is -3.33. The van der Waals surface area contributed by atoms with Gasteiger partial charge in [-0.05, 0) is 19.4 Å². The second-order valence-electron chi connectivity index (χ2n) is 7.74. The van der Waals surface area contributed by atoms with E-state index in [1.54, 1.807) is 25.1 Å². The quantitative estimate of drug-likeness (QED) is 0.537. The molecule has 1 fully saturated rings. The summed E-state index contributed by atoms with van der Waals surface area (Å²) in [4.78, 5) is 52.6. The third-order valence-corrected chi connectivity index (χ3v) is 7.56. The van der Waals surface area contributed by atoms with Gasteiger partial charge in [0.2, 0.25) is 0 Å². The molecule has 0 spiro atoms. The Balaban J connectivity index is 1.53. The van der Waals surface area contributed by atoms with E-state index in [2.05, 4.69) is 0 Å². The van der Waals surface area contributed by atoms with E-state index < -0.39 is 40.1 Å². The topological polar surface area (TPSA) is 115 Å². The summed E-state index contributed by atoms with van der Waals surface area (Å²) in [6.07, 6.45) is 0.345. The molecule has 0 bridgehead atoms. The number of carbonyl (C=O) groups is 4. The maximum absolute atomic E-state index is 13.0. The highest BCUT2D eigenvalue weighted by Crippen LogP contribution is 2.30. The smallest absolute Gasteiger partial charge is 0.339 e. The van der Waals surface area contributed by atoms with E-state index in [-0.39, 0.29) is 51.7 Å². The van der Waals surface area contributed by atoms with Crippen molar-refractivity contribution in [3.63, 3.8) is 0 Å². The number of amides is 1. The lowest BCUT2D eigenvalue weighted by atomic mass is 9.82. The Bertz CT molecular complexity index is 1250. The van der Waals surface area contributed by atoms with Crippen LogP contribution in [0.3, 0.4) is 0 Å². The molecule has 9 heteroatoms. The molecule has 0 unspecified atom stereocenters. The van der Waals surface area contributed by atoms with Crippen molar-refractivity contribution in [3.8, 4) is 0 Å².